The lowest BCUT2D eigenvalue weighted by Crippen LogP contribution is -2.17. The number of rotatable bonds is 8. The molecule has 1 aromatic rings. The van der Waals surface area contributed by atoms with Gasteiger partial charge in [-0.15, -0.1) is 0 Å². The van der Waals surface area contributed by atoms with Gasteiger partial charge >= 0.3 is 0 Å². The molecule has 0 spiro atoms. The zero-order valence-corrected chi connectivity index (χ0v) is 12.8. The van der Waals surface area contributed by atoms with Gasteiger partial charge in [0.2, 0.25) is 0 Å². The molecule has 2 atom stereocenters. The van der Waals surface area contributed by atoms with Crippen molar-refractivity contribution in [3.8, 4) is 11.5 Å². The van der Waals surface area contributed by atoms with Gasteiger partial charge in [-0.3, -0.25) is 0 Å². The molecule has 0 saturated carbocycles. The zero-order valence-electron chi connectivity index (χ0n) is 12.8. The lowest BCUT2D eigenvalue weighted by atomic mass is 10.3. The van der Waals surface area contributed by atoms with E-state index in [4.69, 9.17) is 33.9 Å². The number of ether oxygens (including phenoxy) is 5. The molecule has 0 aliphatic rings. The summed E-state index contributed by atoms with van der Waals surface area (Å²) in [6, 6.07) is 5.70. The van der Waals surface area contributed by atoms with Crippen LogP contribution in [0.1, 0.15) is 13.8 Å². The maximum atomic E-state index is 8.65. The van der Waals surface area contributed by atoms with Crippen LogP contribution in [0.4, 0.5) is 0 Å². The first-order valence-electron chi connectivity index (χ1n) is 6.34. The Kier molecular flexibility index (Phi) is 11.6. The Morgan fingerprint density at radius 1 is 0.810 bits per heavy atom. The van der Waals surface area contributed by atoms with Gasteiger partial charge in [0.05, 0.1) is 0 Å². The molecule has 0 amide bonds. The van der Waals surface area contributed by atoms with Gasteiger partial charge in [-0.05, 0) is 38.1 Å². The second-order valence-electron chi connectivity index (χ2n) is 3.90. The molecule has 0 fully saturated rings. The third-order valence-electron chi connectivity index (χ3n) is 2.29. The highest BCUT2D eigenvalue weighted by Crippen LogP contribution is 2.13. The van der Waals surface area contributed by atoms with E-state index < -0.39 is 0 Å². The van der Waals surface area contributed by atoms with Crippen LogP contribution in [0.5, 0.6) is 11.5 Å². The Hall–Kier alpha value is -1.38. The van der Waals surface area contributed by atoms with Crippen molar-refractivity contribution in [1.29, 1.82) is 0 Å². The van der Waals surface area contributed by atoms with Crippen molar-refractivity contribution in [3.05, 3.63) is 24.3 Å². The maximum Gasteiger partial charge on any atom is 0.157 e. The highest BCUT2D eigenvalue weighted by molar-refractivity contribution is 5.28. The summed E-state index contributed by atoms with van der Waals surface area (Å²) in [5, 5.41) is 17.3. The maximum absolute atomic E-state index is 8.65. The van der Waals surface area contributed by atoms with Gasteiger partial charge in [-0.25, -0.2) is 0 Å². The first-order valence-corrected chi connectivity index (χ1v) is 6.34. The fourth-order valence-corrected chi connectivity index (χ4v) is 0.911. The van der Waals surface area contributed by atoms with E-state index in [0.717, 1.165) is 0 Å². The van der Waals surface area contributed by atoms with Gasteiger partial charge in [0.1, 0.15) is 11.5 Å². The van der Waals surface area contributed by atoms with Gasteiger partial charge in [-0.2, -0.15) is 0 Å². The SMILES string of the molecule is COC(C)OCOCOC(C)OC.Oc1ccc(O)cc1. The summed E-state index contributed by atoms with van der Waals surface area (Å²) < 4.78 is 24.7. The number of phenols is 2. The molecule has 0 radical (unpaired) electrons. The van der Waals surface area contributed by atoms with Crippen LogP contribution >= 0.6 is 0 Å². The van der Waals surface area contributed by atoms with E-state index in [-0.39, 0.29) is 37.7 Å². The van der Waals surface area contributed by atoms with Gasteiger partial charge in [0.15, 0.2) is 26.2 Å². The Bertz CT molecular complexity index is 309. The molecule has 0 saturated heterocycles. The zero-order chi connectivity index (χ0) is 16.1. The van der Waals surface area contributed by atoms with Crippen LogP contribution in [-0.4, -0.2) is 50.6 Å². The molecule has 0 bridgehead atoms. The summed E-state index contributed by atoms with van der Waals surface area (Å²) in [7, 11) is 3.13. The van der Waals surface area contributed by atoms with E-state index in [0.29, 0.717) is 0 Å². The van der Waals surface area contributed by atoms with Crippen LogP contribution in [0, 0.1) is 0 Å². The average Bonchev–Trinajstić information content (AvgIpc) is 2.50. The molecule has 0 heterocycles. The molecule has 2 unspecified atom stereocenters. The number of hydrogen-bond donors (Lipinski definition) is 2. The Labute approximate surface area is 125 Å². The largest absolute Gasteiger partial charge is 0.508 e. The second-order valence-corrected chi connectivity index (χ2v) is 3.90. The van der Waals surface area contributed by atoms with Crippen molar-refractivity contribution in [2.24, 2.45) is 0 Å². The van der Waals surface area contributed by atoms with Crippen LogP contribution in [0.15, 0.2) is 24.3 Å². The Balaban J connectivity index is 0.000000423. The minimum Gasteiger partial charge on any atom is -0.508 e. The summed E-state index contributed by atoms with van der Waals surface area (Å²) in [5.74, 6) is 0.339. The molecule has 0 aliphatic heterocycles. The smallest absolute Gasteiger partial charge is 0.157 e. The van der Waals surface area contributed by atoms with E-state index in [1.165, 1.54) is 24.3 Å². The normalized spacial score (nSPS) is 13.1. The summed E-state index contributed by atoms with van der Waals surface area (Å²) in [4.78, 5) is 0. The molecule has 7 heteroatoms. The first kappa shape index (κ1) is 19.6. The quantitative estimate of drug-likeness (QED) is 0.431. The predicted molar refractivity (Wildman–Crippen MR) is 75.7 cm³/mol. The molecule has 0 aromatic heterocycles. The van der Waals surface area contributed by atoms with Gasteiger partial charge in [0, 0.05) is 14.2 Å². The molecular weight excluding hydrogens is 280 g/mol. The fraction of sp³-hybridized carbons (Fsp3) is 0.571. The minimum atomic E-state index is -0.264. The Morgan fingerprint density at radius 3 is 1.43 bits per heavy atom. The molecule has 7 nitrogen and oxygen atoms in total. The van der Waals surface area contributed by atoms with Crippen molar-refractivity contribution in [2.45, 2.75) is 26.4 Å². The Morgan fingerprint density at radius 2 is 1.14 bits per heavy atom. The van der Waals surface area contributed by atoms with Crippen molar-refractivity contribution < 1.29 is 33.9 Å². The molecule has 21 heavy (non-hydrogen) atoms. The molecule has 0 aliphatic carbocycles. The summed E-state index contributed by atoms with van der Waals surface area (Å²) in [6.45, 7) is 3.85. The monoisotopic (exact) mass is 304 g/mol. The molecule has 1 rings (SSSR count). The van der Waals surface area contributed by atoms with Crippen molar-refractivity contribution >= 4 is 0 Å². The molecule has 122 valence electrons. The molecular formula is C14H24O7. The standard InChI is InChI=1S/C8H18O5.C6H6O2/c1-7(9-3)12-5-11-6-13-8(2)10-4;7-5-1-2-6(8)4-3-5/h7-8H,5-6H2,1-4H3;1-4,7-8H. The average molecular weight is 304 g/mol. The molecule has 1 aromatic carbocycles. The van der Waals surface area contributed by atoms with Crippen LogP contribution in [0.2, 0.25) is 0 Å². The summed E-state index contributed by atoms with van der Waals surface area (Å²) in [6.07, 6.45) is -0.528. The van der Waals surface area contributed by atoms with Gasteiger partial charge in [-0.1, -0.05) is 0 Å². The summed E-state index contributed by atoms with van der Waals surface area (Å²) in [5.41, 5.74) is 0. The number of benzene rings is 1. The highest BCUT2D eigenvalue weighted by Gasteiger charge is 1.99. The second kappa shape index (κ2) is 12.4. The lowest BCUT2D eigenvalue weighted by Gasteiger charge is -2.13. The van der Waals surface area contributed by atoms with Crippen LogP contribution in [-0.2, 0) is 23.7 Å². The van der Waals surface area contributed by atoms with Crippen molar-refractivity contribution in [1.82, 2.24) is 0 Å². The van der Waals surface area contributed by atoms with E-state index in [2.05, 4.69) is 0 Å². The van der Waals surface area contributed by atoms with E-state index >= 15 is 0 Å². The predicted octanol–water partition coefficient (Wildman–Crippen LogP) is 2.03. The number of phenolic OH excluding ortho intramolecular Hbond substituents is 2. The van der Waals surface area contributed by atoms with Crippen LogP contribution in [0.25, 0.3) is 0 Å². The van der Waals surface area contributed by atoms with E-state index in [1.807, 2.05) is 0 Å². The van der Waals surface area contributed by atoms with Crippen LogP contribution < -0.4 is 0 Å². The molecule has 2 N–H and O–H groups in total. The third kappa shape index (κ3) is 12.1. The van der Waals surface area contributed by atoms with Crippen LogP contribution in [0.3, 0.4) is 0 Å². The lowest BCUT2D eigenvalue weighted by molar-refractivity contribution is -0.230. The minimum absolute atomic E-state index is 0.144. The van der Waals surface area contributed by atoms with Crippen molar-refractivity contribution in [2.75, 3.05) is 27.8 Å². The van der Waals surface area contributed by atoms with Gasteiger partial charge in [0.25, 0.3) is 0 Å². The number of methoxy groups -OCH3 is 2. The topological polar surface area (TPSA) is 86.6 Å². The first-order chi connectivity index (χ1) is 9.99. The van der Waals surface area contributed by atoms with E-state index in [9.17, 15) is 0 Å². The van der Waals surface area contributed by atoms with Gasteiger partial charge < -0.3 is 33.9 Å². The van der Waals surface area contributed by atoms with E-state index in [1.54, 1.807) is 28.1 Å². The third-order valence-corrected chi connectivity index (χ3v) is 2.29. The summed E-state index contributed by atoms with van der Waals surface area (Å²) >= 11 is 0. The fourth-order valence-electron chi connectivity index (χ4n) is 0.911. The van der Waals surface area contributed by atoms with Crippen molar-refractivity contribution in [3.63, 3.8) is 0 Å². The number of aromatic hydroxyl groups is 2. The number of hydrogen-bond acceptors (Lipinski definition) is 7. The highest BCUT2D eigenvalue weighted by atomic mass is 16.8.